The maximum Gasteiger partial charge on any atom is 0.133 e. The molecule has 0 saturated heterocycles. The third-order valence-corrected chi connectivity index (χ3v) is 5.50. The average Bonchev–Trinajstić information content (AvgIpc) is 2.78. The highest BCUT2D eigenvalue weighted by atomic mass is 16.5. The number of phenolic OH excluding ortho intramolecular Hbond substituents is 2. The summed E-state index contributed by atoms with van der Waals surface area (Å²) in [4.78, 5) is 0. The Labute approximate surface area is 188 Å². The molecule has 0 amide bonds. The van der Waals surface area contributed by atoms with Crippen LogP contribution in [0.25, 0.3) is 0 Å². The Morgan fingerprint density at radius 3 is 1.69 bits per heavy atom. The van der Waals surface area contributed by atoms with Crippen LogP contribution in [0, 0.1) is 20.8 Å². The van der Waals surface area contributed by atoms with Crippen LogP contribution in [0.3, 0.4) is 0 Å². The number of ether oxygens (including phenoxy) is 2. The highest BCUT2D eigenvalue weighted by Crippen LogP contribution is 2.35. The minimum atomic E-state index is 0.207. The Morgan fingerprint density at radius 2 is 1.09 bits per heavy atom. The second kappa shape index (κ2) is 9.06. The fourth-order valence-corrected chi connectivity index (χ4v) is 3.68. The maximum absolute atomic E-state index is 9.55. The number of aryl methyl sites for hydroxylation is 2. The molecule has 162 valence electrons. The highest BCUT2D eigenvalue weighted by Gasteiger charge is 2.14. The van der Waals surface area contributed by atoms with Crippen LogP contribution in [-0.4, -0.2) is 10.2 Å². The van der Waals surface area contributed by atoms with Gasteiger partial charge < -0.3 is 19.7 Å². The molecular weight excluding hydrogens is 400 g/mol. The van der Waals surface area contributed by atoms with Crippen molar-refractivity contribution < 1.29 is 19.7 Å². The van der Waals surface area contributed by atoms with Crippen molar-refractivity contribution in [3.63, 3.8) is 0 Å². The van der Waals surface area contributed by atoms with Gasteiger partial charge in [-0.1, -0.05) is 30.3 Å². The van der Waals surface area contributed by atoms with E-state index in [0.29, 0.717) is 17.9 Å². The number of hydrogen-bond donors (Lipinski definition) is 2. The van der Waals surface area contributed by atoms with Gasteiger partial charge in [0.15, 0.2) is 0 Å². The van der Waals surface area contributed by atoms with E-state index in [1.165, 1.54) is 0 Å². The van der Waals surface area contributed by atoms with Crippen molar-refractivity contribution >= 4 is 0 Å². The van der Waals surface area contributed by atoms with Gasteiger partial charge in [0.2, 0.25) is 0 Å². The van der Waals surface area contributed by atoms with Crippen molar-refractivity contribution in [2.75, 3.05) is 0 Å². The van der Waals surface area contributed by atoms with E-state index in [2.05, 4.69) is 25.1 Å². The molecule has 0 fully saturated rings. The first-order valence-electron chi connectivity index (χ1n) is 10.5. The summed E-state index contributed by atoms with van der Waals surface area (Å²) in [6, 6.07) is 23.8. The molecule has 0 bridgehead atoms. The van der Waals surface area contributed by atoms with Crippen LogP contribution in [0.2, 0.25) is 0 Å². The van der Waals surface area contributed by atoms with Crippen LogP contribution in [-0.2, 0) is 6.42 Å². The standard InChI is InChI=1S/C28H26O4/c1-18-5-4-6-22(28(18)32-26-15-11-24(30)12-16-26)17-21-8-7-19(2)27(20(21)3)31-25-13-9-23(29)10-14-25/h4-16,29-30H,17H2,1-3H3. The van der Waals surface area contributed by atoms with Crippen molar-refractivity contribution in [1.82, 2.24) is 0 Å². The Bertz CT molecular complexity index is 1230. The summed E-state index contributed by atoms with van der Waals surface area (Å²) in [5.74, 6) is 3.41. The Morgan fingerprint density at radius 1 is 0.562 bits per heavy atom. The van der Waals surface area contributed by atoms with Crippen LogP contribution in [0.1, 0.15) is 27.8 Å². The molecule has 0 aliphatic carbocycles. The Kier molecular flexibility index (Phi) is 6.04. The lowest BCUT2D eigenvalue weighted by Gasteiger charge is -2.18. The Hall–Kier alpha value is -3.92. The molecule has 4 aromatic carbocycles. The highest BCUT2D eigenvalue weighted by molar-refractivity contribution is 5.52. The maximum atomic E-state index is 9.55. The molecule has 0 aliphatic rings. The van der Waals surface area contributed by atoms with Crippen molar-refractivity contribution in [2.24, 2.45) is 0 Å². The van der Waals surface area contributed by atoms with E-state index >= 15 is 0 Å². The van der Waals surface area contributed by atoms with Crippen molar-refractivity contribution in [2.45, 2.75) is 27.2 Å². The molecule has 0 heterocycles. The fourth-order valence-electron chi connectivity index (χ4n) is 3.68. The summed E-state index contributed by atoms with van der Waals surface area (Å²) in [5.41, 5.74) is 5.37. The van der Waals surface area contributed by atoms with Gasteiger partial charge in [-0.2, -0.15) is 0 Å². The molecule has 2 N–H and O–H groups in total. The molecule has 4 nitrogen and oxygen atoms in total. The van der Waals surface area contributed by atoms with Gasteiger partial charge in [0.05, 0.1) is 0 Å². The van der Waals surface area contributed by atoms with Gasteiger partial charge in [-0.15, -0.1) is 0 Å². The number of rotatable bonds is 6. The topological polar surface area (TPSA) is 58.9 Å². The molecule has 0 aliphatic heterocycles. The molecule has 32 heavy (non-hydrogen) atoms. The molecule has 0 unspecified atom stereocenters. The van der Waals surface area contributed by atoms with E-state index in [1.807, 2.05) is 26.0 Å². The lowest BCUT2D eigenvalue weighted by atomic mass is 9.96. The van der Waals surface area contributed by atoms with Gasteiger partial charge in [0.1, 0.15) is 34.5 Å². The third-order valence-electron chi connectivity index (χ3n) is 5.50. The van der Waals surface area contributed by atoms with Gasteiger partial charge in [0, 0.05) is 6.42 Å². The van der Waals surface area contributed by atoms with E-state index < -0.39 is 0 Å². The summed E-state index contributed by atoms with van der Waals surface area (Å²) in [6.07, 6.45) is 0.688. The minimum Gasteiger partial charge on any atom is -0.508 e. The first-order valence-corrected chi connectivity index (χ1v) is 10.5. The molecule has 0 atom stereocenters. The van der Waals surface area contributed by atoms with Gasteiger partial charge in [-0.05, 0) is 97.1 Å². The number of benzene rings is 4. The number of para-hydroxylation sites is 1. The molecule has 0 aromatic heterocycles. The van der Waals surface area contributed by atoms with Gasteiger partial charge in [-0.25, -0.2) is 0 Å². The summed E-state index contributed by atoms with van der Waals surface area (Å²) < 4.78 is 12.4. The van der Waals surface area contributed by atoms with Crippen molar-refractivity contribution in [1.29, 1.82) is 0 Å². The van der Waals surface area contributed by atoms with Crippen LogP contribution >= 0.6 is 0 Å². The lowest BCUT2D eigenvalue weighted by molar-refractivity contribution is 0.459. The summed E-state index contributed by atoms with van der Waals surface area (Å²) >= 11 is 0. The minimum absolute atomic E-state index is 0.207. The van der Waals surface area contributed by atoms with Crippen molar-refractivity contribution in [3.8, 4) is 34.5 Å². The van der Waals surface area contributed by atoms with Gasteiger partial charge in [0.25, 0.3) is 0 Å². The predicted molar refractivity (Wildman–Crippen MR) is 126 cm³/mol. The second-order valence-corrected chi connectivity index (χ2v) is 7.93. The lowest BCUT2D eigenvalue weighted by Crippen LogP contribution is -2.00. The summed E-state index contributed by atoms with van der Waals surface area (Å²) in [6.45, 7) is 6.12. The monoisotopic (exact) mass is 426 g/mol. The molecule has 4 aromatic rings. The van der Waals surface area contributed by atoms with Crippen LogP contribution in [0.15, 0.2) is 78.9 Å². The van der Waals surface area contributed by atoms with E-state index in [0.717, 1.165) is 39.3 Å². The van der Waals surface area contributed by atoms with E-state index in [9.17, 15) is 10.2 Å². The second-order valence-electron chi connectivity index (χ2n) is 7.93. The molecule has 4 heteroatoms. The number of phenols is 2. The van der Waals surface area contributed by atoms with E-state index in [-0.39, 0.29) is 11.5 Å². The van der Waals surface area contributed by atoms with E-state index in [1.54, 1.807) is 48.5 Å². The molecular formula is C28H26O4. The van der Waals surface area contributed by atoms with Crippen LogP contribution in [0.5, 0.6) is 34.5 Å². The molecule has 0 spiro atoms. The average molecular weight is 427 g/mol. The predicted octanol–water partition coefficient (Wildman–Crippen LogP) is 7.20. The smallest absolute Gasteiger partial charge is 0.133 e. The zero-order valence-electron chi connectivity index (χ0n) is 18.4. The molecule has 4 rings (SSSR count). The number of hydrogen-bond acceptors (Lipinski definition) is 4. The zero-order chi connectivity index (χ0) is 22.7. The first kappa shape index (κ1) is 21.3. The first-order chi connectivity index (χ1) is 15.4. The van der Waals surface area contributed by atoms with Crippen molar-refractivity contribution in [3.05, 3.63) is 107 Å². The fraction of sp³-hybridized carbons (Fsp3) is 0.143. The number of aromatic hydroxyl groups is 2. The molecule has 0 radical (unpaired) electrons. The largest absolute Gasteiger partial charge is 0.508 e. The van der Waals surface area contributed by atoms with Gasteiger partial charge >= 0.3 is 0 Å². The quantitative estimate of drug-likeness (QED) is 0.342. The third kappa shape index (κ3) is 4.70. The molecule has 0 saturated carbocycles. The summed E-state index contributed by atoms with van der Waals surface area (Å²) in [5, 5.41) is 19.1. The summed E-state index contributed by atoms with van der Waals surface area (Å²) in [7, 11) is 0. The van der Waals surface area contributed by atoms with Crippen LogP contribution < -0.4 is 9.47 Å². The Balaban J connectivity index is 1.65. The van der Waals surface area contributed by atoms with Crippen LogP contribution in [0.4, 0.5) is 0 Å². The normalized spacial score (nSPS) is 10.7. The van der Waals surface area contributed by atoms with Gasteiger partial charge in [-0.3, -0.25) is 0 Å². The van der Waals surface area contributed by atoms with E-state index in [4.69, 9.17) is 9.47 Å². The SMILES string of the molecule is Cc1cccc(Cc2ccc(C)c(Oc3ccc(O)cc3)c2C)c1Oc1ccc(O)cc1. The zero-order valence-corrected chi connectivity index (χ0v) is 18.4.